The van der Waals surface area contributed by atoms with Gasteiger partial charge >= 0.3 is 0 Å². The molecule has 2 aromatic carbocycles. The lowest BCUT2D eigenvalue weighted by Gasteiger charge is -2.34. The SMILES string of the molecule is CCOc1ccc([C@H]2C3=C(C[C@@H](c4ccc(OC)c(OC)c4)CC3=O)Nc3onc(C)c32)cc1. The van der Waals surface area contributed by atoms with Gasteiger partial charge in [-0.1, -0.05) is 23.4 Å². The van der Waals surface area contributed by atoms with Crippen LogP contribution >= 0.6 is 0 Å². The first kappa shape index (κ1) is 22.1. The van der Waals surface area contributed by atoms with Crippen LogP contribution in [0.1, 0.15) is 54.0 Å². The van der Waals surface area contributed by atoms with Crippen LogP contribution in [-0.2, 0) is 4.79 Å². The number of anilines is 1. The third-order valence-corrected chi connectivity index (χ3v) is 6.66. The number of carbonyl (C=O) groups excluding carboxylic acids is 1. The maximum Gasteiger partial charge on any atom is 0.233 e. The van der Waals surface area contributed by atoms with Crippen LogP contribution in [0.15, 0.2) is 58.3 Å². The van der Waals surface area contributed by atoms with E-state index in [2.05, 4.69) is 10.5 Å². The molecule has 0 saturated carbocycles. The molecule has 34 heavy (non-hydrogen) atoms. The van der Waals surface area contributed by atoms with Crippen molar-refractivity contribution in [2.45, 2.75) is 38.5 Å². The number of nitrogens with one attached hydrogen (secondary N) is 1. The molecule has 0 bridgehead atoms. The molecule has 1 N–H and O–H groups in total. The Morgan fingerprint density at radius 1 is 1.03 bits per heavy atom. The highest BCUT2D eigenvalue weighted by molar-refractivity contribution is 6.01. The van der Waals surface area contributed by atoms with Crippen molar-refractivity contribution in [3.05, 3.63) is 76.1 Å². The molecule has 0 spiro atoms. The van der Waals surface area contributed by atoms with E-state index in [1.54, 1.807) is 14.2 Å². The molecule has 2 atom stereocenters. The minimum atomic E-state index is -0.230. The quantitative estimate of drug-likeness (QED) is 0.530. The fraction of sp³-hybridized carbons (Fsp3) is 0.333. The van der Waals surface area contributed by atoms with Crippen LogP contribution in [0.3, 0.4) is 0 Å². The highest BCUT2D eigenvalue weighted by Crippen LogP contribution is 2.49. The van der Waals surface area contributed by atoms with E-state index in [0.29, 0.717) is 36.8 Å². The first-order valence-electron chi connectivity index (χ1n) is 11.5. The lowest BCUT2D eigenvalue weighted by molar-refractivity contribution is -0.116. The number of ketones is 1. The lowest BCUT2D eigenvalue weighted by Crippen LogP contribution is -2.29. The van der Waals surface area contributed by atoms with E-state index in [9.17, 15) is 4.79 Å². The maximum absolute atomic E-state index is 13.7. The number of ether oxygens (including phenoxy) is 3. The molecular formula is C27H28N2O5. The van der Waals surface area contributed by atoms with E-state index in [1.165, 1.54) is 0 Å². The second-order valence-electron chi connectivity index (χ2n) is 8.61. The zero-order valence-corrected chi connectivity index (χ0v) is 19.8. The molecule has 2 heterocycles. The van der Waals surface area contributed by atoms with Crippen LogP contribution < -0.4 is 19.5 Å². The van der Waals surface area contributed by atoms with E-state index in [-0.39, 0.29) is 17.6 Å². The van der Waals surface area contributed by atoms with Crippen LogP contribution in [0.4, 0.5) is 5.88 Å². The first-order chi connectivity index (χ1) is 16.5. The zero-order valence-electron chi connectivity index (χ0n) is 19.8. The van der Waals surface area contributed by atoms with Crippen LogP contribution in [0.2, 0.25) is 0 Å². The van der Waals surface area contributed by atoms with Crippen molar-refractivity contribution in [3.8, 4) is 17.2 Å². The standard InChI is InChI=1S/C27H28N2O5/c1-5-33-19-9-6-16(7-10-19)25-24-15(2)29-34-27(24)28-20-12-18(13-21(30)26(20)25)17-8-11-22(31-3)23(14-17)32-4/h6-11,14,18,25,28H,5,12-13H2,1-4H3/t18-,25-/m1/s1. The summed E-state index contributed by atoms with van der Waals surface area (Å²) in [4.78, 5) is 13.7. The number of aryl methyl sites for hydroxylation is 1. The third kappa shape index (κ3) is 3.71. The maximum atomic E-state index is 13.7. The van der Waals surface area contributed by atoms with Gasteiger partial charge in [-0.25, -0.2) is 0 Å². The van der Waals surface area contributed by atoms with Gasteiger partial charge in [0.2, 0.25) is 5.88 Å². The Balaban J connectivity index is 1.55. The second kappa shape index (κ2) is 8.89. The molecule has 1 aromatic heterocycles. The predicted molar refractivity (Wildman–Crippen MR) is 128 cm³/mol. The Morgan fingerprint density at radius 3 is 2.47 bits per heavy atom. The summed E-state index contributed by atoms with van der Waals surface area (Å²) in [5.41, 5.74) is 5.43. The van der Waals surface area contributed by atoms with Gasteiger partial charge in [0.05, 0.1) is 32.1 Å². The molecule has 1 aliphatic carbocycles. The minimum Gasteiger partial charge on any atom is -0.494 e. The Kier molecular flexibility index (Phi) is 5.77. The van der Waals surface area contributed by atoms with Gasteiger partial charge in [0.1, 0.15) is 5.75 Å². The van der Waals surface area contributed by atoms with Crippen LogP contribution in [-0.4, -0.2) is 31.8 Å². The Bertz CT molecular complexity index is 1260. The molecule has 2 aliphatic rings. The average molecular weight is 461 g/mol. The average Bonchev–Trinajstić information content (AvgIpc) is 3.23. The smallest absolute Gasteiger partial charge is 0.233 e. The van der Waals surface area contributed by atoms with E-state index in [1.807, 2.05) is 56.3 Å². The van der Waals surface area contributed by atoms with Gasteiger partial charge in [-0.2, -0.15) is 0 Å². The topological polar surface area (TPSA) is 82.8 Å². The number of nitrogens with zero attached hydrogens (tertiary/aromatic N) is 1. The number of aromatic nitrogens is 1. The Hall–Kier alpha value is -3.74. The van der Waals surface area contributed by atoms with Crippen molar-refractivity contribution in [2.75, 3.05) is 26.1 Å². The fourth-order valence-corrected chi connectivity index (χ4v) is 5.07. The summed E-state index contributed by atoms with van der Waals surface area (Å²) in [6.07, 6.45) is 1.10. The molecule has 176 valence electrons. The van der Waals surface area contributed by atoms with Crippen LogP contribution in [0.5, 0.6) is 17.2 Å². The monoisotopic (exact) mass is 460 g/mol. The molecule has 7 nitrogen and oxygen atoms in total. The molecule has 0 fully saturated rings. The summed E-state index contributed by atoms with van der Waals surface area (Å²) >= 11 is 0. The molecule has 7 heteroatoms. The second-order valence-corrected chi connectivity index (χ2v) is 8.61. The molecule has 0 saturated heterocycles. The van der Waals surface area contributed by atoms with E-state index in [0.717, 1.165) is 39.4 Å². The van der Waals surface area contributed by atoms with Gasteiger partial charge in [-0.15, -0.1) is 0 Å². The molecular weight excluding hydrogens is 432 g/mol. The van der Waals surface area contributed by atoms with Crippen molar-refractivity contribution >= 4 is 11.7 Å². The summed E-state index contributed by atoms with van der Waals surface area (Å²) < 4.78 is 22.1. The van der Waals surface area contributed by atoms with E-state index in [4.69, 9.17) is 18.7 Å². The van der Waals surface area contributed by atoms with Gasteiger partial charge in [-0.05, 0) is 61.6 Å². The Labute approximate surface area is 198 Å². The minimum absolute atomic E-state index is 0.0186. The largest absolute Gasteiger partial charge is 0.494 e. The van der Waals surface area contributed by atoms with Crippen molar-refractivity contribution in [1.29, 1.82) is 0 Å². The molecule has 0 unspecified atom stereocenters. The third-order valence-electron chi connectivity index (χ3n) is 6.66. The van der Waals surface area contributed by atoms with E-state index >= 15 is 0 Å². The molecule has 1 aliphatic heterocycles. The van der Waals surface area contributed by atoms with E-state index < -0.39 is 0 Å². The van der Waals surface area contributed by atoms with Crippen molar-refractivity contribution in [2.24, 2.45) is 0 Å². The van der Waals surface area contributed by atoms with Crippen molar-refractivity contribution in [3.63, 3.8) is 0 Å². The number of rotatable bonds is 6. The van der Waals surface area contributed by atoms with Crippen molar-refractivity contribution in [1.82, 2.24) is 5.16 Å². The first-order valence-corrected chi connectivity index (χ1v) is 11.5. The highest BCUT2D eigenvalue weighted by atomic mass is 16.5. The van der Waals surface area contributed by atoms with Gasteiger partial charge in [0.15, 0.2) is 17.3 Å². The number of hydrogen-bond acceptors (Lipinski definition) is 7. The zero-order chi connectivity index (χ0) is 23.8. The number of benzene rings is 2. The van der Waals surface area contributed by atoms with Gasteiger partial charge in [0, 0.05) is 23.6 Å². The van der Waals surface area contributed by atoms with Crippen LogP contribution in [0, 0.1) is 6.92 Å². The highest BCUT2D eigenvalue weighted by Gasteiger charge is 2.41. The molecule has 5 rings (SSSR count). The number of hydrogen-bond donors (Lipinski definition) is 1. The van der Waals surface area contributed by atoms with Gasteiger partial charge in [0.25, 0.3) is 0 Å². The molecule has 3 aromatic rings. The van der Waals surface area contributed by atoms with Gasteiger partial charge in [-0.3, -0.25) is 4.79 Å². The molecule has 0 amide bonds. The summed E-state index contributed by atoms with van der Waals surface area (Å²) in [6.45, 7) is 4.48. The molecule has 0 radical (unpaired) electrons. The Morgan fingerprint density at radius 2 is 1.76 bits per heavy atom. The number of Topliss-reactive ketones (excluding diaryl/α,β-unsaturated/α-hetero) is 1. The fourth-order valence-electron chi connectivity index (χ4n) is 5.07. The number of allylic oxidation sites excluding steroid dienone is 2. The summed E-state index contributed by atoms with van der Waals surface area (Å²) in [5, 5.41) is 7.57. The number of carbonyl (C=O) groups is 1. The predicted octanol–water partition coefficient (Wildman–Crippen LogP) is 5.36. The summed E-state index contributed by atoms with van der Waals surface area (Å²) in [5.74, 6) is 2.65. The van der Waals surface area contributed by atoms with Gasteiger partial charge < -0.3 is 24.1 Å². The summed E-state index contributed by atoms with van der Waals surface area (Å²) in [6, 6.07) is 13.8. The van der Waals surface area contributed by atoms with Crippen LogP contribution in [0.25, 0.3) is 0 Å². The summed E-state index contributed by atoms with van der Waals surface area (Å²) in [7, 11) is 3.23. The lowest BCUT2D eigenvalue weighted by atomic mass is 9.72. The number of methoxy groups -OCH3 is 2. The normalized spacial score (nSPS) is 19.2. The van der Waals surface area contributed by atoms with Crippen molar-refractivity contribution < 1.29 is 23.5 Å². The number of fused-ring (bicyclic) bond motifs is 1.